The molecule has 1 amide bonds. The number of hydrogen-bond acceptors (Lipinski definition) is 2. The second-order valence-corrected chi connectivity index (χ2v) is 2.11. The molecule has 0 bridgehead atoms. The van der Waals surface area contributed by atoms with Crippen LogP contribution >= 0.6 is 0 Å². The number of nitrogens with one attached hydrogen (secondary N) is 1. The number of carbonyl (C=O) groups is 1. The summed E-state index contributed by atoms with van der Waals surface area (Å²) in [4.78, 5) is 10.6. The summed E-state index contributed by atoms with van der Waals surface area (Å²) in [6.07, 6.45) is 0. The average molecular weight is 148 g/mol. The highest BCUT2D eigenvalue weighted by Gasteiger charge is 1.96. The second-order valence-electron chi connectivity index (χ2n) is 2.11. The zero-order valence-corrected chi connectivity index (χ0v) is 6.14. The fourth-order valence-electron chi connectivity index (χ4n) is 0.700. The van der Waals surface area contributed by atoms with Crippen LogP contribution in [0.4, 0.5) is 11.4 Å². The molecule has 0 fully saturated rings. The van der Waals surface area contributed by atoms with E-state index >= 15 is 0 Å². The van der Waals surface area contributed by atoms with Crippen molar-refractivity contribution in [2.24, 2.45) is 0 Å². The maximum Gasteiger partial charge on any atom is 0.221 e. The molecule has 0 unspecified atom stereocenters. The molecule has 0 saturated heterocycles. The average Bonchev–Trinajstić information content (AvgIpc) is 1.93. The third-order valence-electron chi connectivity index (χ3n) is 1.14. The Morgan fingerprint density at radius 2 is 2.45 bits per heavy atom. The Kier molecular flexibility index (Phi) is 1.98. The monoisotopic (exact) mass is 148 g/mol. The van der Waals surface area contributed by atoms with Crippen LogP contribution in [0.25, 0.3) is 0 Å². The molecular weight excluding hydrogens is 140 g/mol. The number of carbonyl (C=O) groups excluding carboxylic acids is 1. The van der Waals surface area contributed by atoms with Gasteiger partial charge in [-0.05, 0) is 18.2 Å². The predicted molar refractivity (Wildman–Crippen MR) is 42.8 cm³/mol. The van der Waals surface area contributed by atoms with Crippen LogP contribution in [0.3, 0.4) is 0 Å². The van der Waals surface area contributed by atoms with Crippen molar-refractivity contribution in [2.45, 2.75) is 6.92 Å². The first kappa shape index (κ1) is 7.42. The first-order valence-electron chi connectivity index (χ1n) is 3.15. The molecule has 0 spiro atoms. The van der Waals surface area contributed by atoms with E-state index < -0.39 is 0 Å². The Balaban J connectivity index is 2.86. The normalized spacial score (nSPS) is 8.45. The number of nitrogens with two attached hydrogens (primary N) is 1. The summed E-state index contributed by atoms with van der Waals surface area (Å²) < 4.78 is 0. The molecule has 0 saturated carbocycles. The highest BCUT2D eigenvalue weighted by atomic mass is 16.1. The third kappa shape index (κ3) is 1.87. The number of rotatable bonds is 1. The van der Waals surface area contributed by atoms with Crippen molar-refractivity contribution in [1.29, 1.82) is 0 Å². The van der Waals surface area contributed by atoms with E-state index in [1.807, 2.05) is 0 Å². The second kappa shape index (κ2) is 2.93. The van der Waals surface area contributed by atoms with Gasteiger partial charge in [-0.15, -0.1) is 0 Å². The van der Waals surface area contributed by atoms with E-state index in [1.165, 1.54) is 6.92 Å². The van der Waals surface area contributed by atoms with Crippen LogP contribution in [-0.4, -0.2) is 5.91 Å². The fourth-order valence-corrected chi connectivity index (χ4v) is 0.700. The van der Waals surface area contributed by atoms with E-state index in [0.717, 1.165) is 0 Å². The molecule has 0 heterocycles. The highest BCUT2D eigenvalue weighted by molar-refractivity contribution is 5.91. The van der Waals surface area contributed by atoms with Gasteiger partial charge in [0, 0.05) is 6.92 Å². The number of anilines is 2. The zero-order valence-electron chi connectivity index (χ0n) is 6.14. The molecule has 3 nitrogen and oxygen atoms in total. The largest absolute Gasteiger partial charge is 0.390 e. The highest BCUT2D eigenvalue weighted by Crippen LogP contribution is 2.12. The molecule has 56 valence electrons. The minimum absolute atomic E-state index is 0.142. The van der Waals surface area contributed by atoms with E-state index in [1.54, 1.807) is 12.1 Å². The molecule has 1 aromatic rings. The van der Waals surface area contributed by atoms with Crippen molar-refractivity contribution in [3.8, 4) is 0 Å². The Labute approximate surface area is 65.2 Å². The van der Waals surface area contributed by atoms with Gasteiger partial charge in [-0.3, -0.25) is 4.79 Å². The van der Waals surface area contributed by atoms with Crippen LogP contribution in [0, 0.1) is 12.1 Å². The Morgan fingerprint density at radius 1 is 1.73 bits per heavy atom. The van der Waals surface area contributed by atoms with Crippen molar-refractivity contribution in [2.75, 3.05) is 11.1 Å². The van der Waals surface area contributed by atoms with Crippen LogP contribution in [0.1, 0.15) is 6.92 Å². The SMILES string of the molecule is CC(=O)Nc1ccc#cc1N. The Morgan fingerprint density at radius 3 is 3.00 bits per heavy atom. The van der Waals surface area contributed by atoms with E-state index in [9.17, 15) is 4.79 Å². The Bertz CT molecular complexity index is 271. The summed E-state index contributed by atoms with van der Waals surface area (Å²) in [5.74, 6) is -0.142. The van der Waals surface area contributed by atoms with Crippen molar-refractivity contribution in [3.63, 3.8) is 0 Å². The lowest BCUT2D eigenvalue weighted by Crippen LogP contribution is -2.07. The molecule has 1 aromatic carbocycles. The standard InChI is InChI=1S/C8H8N2O/c1-6(11)10-8-5-3-2-4-7(8)9/h3,5H,9H2,1H3,(H,10,11). The van der Waals surface area contributed by atoms with E-state index in [2.05, 4.69) is 17.4 Å². The van der Waals surface area contributed by atoms with Crippen LogP contribution in [0.15, 0.2) is 12.1 Å². The van der Waals surface area contributed by atoms with Gasteiger partial charge in [0.1, 0.15) is 5.69 Å². The van der Waals surface area contributed by atoms with Gasteiger partial charge in [-0.2, -0.15) is 0 Å². The van der Waals surface area contributed by atoms with E-state index in [0.29, 0.717) is 11.4 Å². The van der Waals surface area contributed by atoms with Crippen LogP contribution in [-0.2, 0) is 4.79 Å². The topological polar surface area (TPSA) is 55.1 Å². The lowest BCUT2D eigenvalue weighted by Gasteiger charge is -2.00. The lowest BCUT2D eigenvalue weighted by molar-refractivity contribution is -0.114. The number of nitrogen functional groups attached to an aromatic ring is 1. The summed E-state index contributed by atoms with van der Waals surface area (Å²) >= 11 is 0. The van der Waals surface area contributed by atoms with E-state index in [4.69, 9.17) is 5.73 Å². The molecule has 0 aromatic heterocycles. The van der Waals surface area contributed by atoms with Gasteiger partial charge < -0.3 is 11.1 Å². The van der Waals surface area contributed by atoms with Gasteiger partial charge in [-0.25, -0.2) is 0 Å². The first-order valence-corrected chi connectivity index (χ1v) is 3.15. The van der Waals surface area contributed by atoms with Crippen LogP contribution in [0.2, 0.25) is 0 Å². The van der Waals surface area contributed by atoms with Gasteiger partial charge in [0.2, 0.25) is 5.91 Å². The van der Waals surface area contributed by atoms with Crippen LogP contribution < -0.4 is 11.1 Å². The molecule has 0 aliphatic rings. The molecule has 0 aliphatic carbocycles. The van der Waals surface area contributed by atoms with E-state index in [-0.39, 0.29) is 5.91 Å². The molecule has 1 rings (SSSR count). The summed E-state index contributed by atoms with van der Waals surface area (Å²) in [5, 5.41) is 2.56. The number of amides is 1. The third-order valence-corrected chi connectivity index (χ3v) is 1.14. The summed E-state index contributed by atoms with van der Waals surface area (Å²) in [7, 11) is 0. The van der Waals surface area contributed by atoms with Crippen molar-refractivity contribution < 1.29 is 4.79 Å². The molecule has 3 heteroatoms. The molecule has 0 atom stereocenters. The van der Waals surface area contributed by atoms with Gasteiger partial charge in [-0.1, -0.05) is 6.07 Å². The fraction of sp³-hybridized carbons (Fsp3) is 0.125. The maximum absolute atomic E-state index is 10.6. The predicted octanol–water partition coefficient (Wildman–Crippen LogP) is 0.828. The smallest absolute Gasteiger partial charge is 0.221 e. The maximum atomic E-state index is 10.6. The molecule has 11 heavy (non-hydrogen) atoms. The van der Waals surface area contributed by atoms with Gasteiger partial charge >= 0.3 is 0 Å². The minimum Gasteiger partial charge on any atom is -0.390 e. The minimum atomic E-state index is -0.142. The summed E-state index contributed by atoms with van der Waals surface area (Å²) in [5.41, 5.74) is 6.45. The van der Waals surface area contributed by atoms with Gasteiger partial charge in [0.05, 0.1) is 5.69 Å². The molecular formula is C8H8N2O. The van der Waals surface area contributed by atoms with Crippen LogP contribution in [0.5, 0.6) is 0 Å². The number of hydrogen-bond donors (Lipinski definition) is 2. The first-order chi connectivity index (χ1) is 5.20. The molecule has 3 N–H and O–H groups in total. The molecule has 0 radical (unpaired) electrons. The molecule has 0 aliphatic heterocycles. The zero-order chi connectivity index (χ0) is 8.27. The van der Waals surface area contributed by atoms with Crippen molar-refractivity contribution >= 4 is 17.3 Å². The Hall–Kier alpha value is -1.69. The quantitative estimate of drug-likeness (QED) is 0.619. The van der Waals surface area contributed by atoms with Gasteiger partial charge in [0.25, 0.3) is 0 Å². The van der Waals surface area contributed by atoms with Crippen molar-refractivity contribution in [1.82, 2.24) is 0 Å². The lowest BCUT2D eigenvalue weighted by atomic mass is 10.3. The van der Waals surface area contributed by atoms with Gasteiger partial charge in [0.15, 0.2) is 0 Å². The van der Waals surface area contributed by atoms with Crippen molar-refractivity contribution in [3.05, 3.63) is 24.3 Å². The summed E-state index contributed by atoms with van der Waals surface area (Å²) in [6, 6.07) is 8.63. The summed E-state index contributed by atoms with van der Waals surface area (Å²) in [6.45, 7) is 1.43.